The minimum atomic E-state index is -4.48. The van der Waals surface area contributed by atoms with Crippen LogP contribution in [-0.2, 0) is 6.18 Å². The molecule has 0 saturated carbocycles. The van der Waals surface area contributed by atoms with Crippen LogP contribution in [0.15, 0.2) is 30.5 Å². The van der Waals surface area contributed by atoms with Crippen molar-refractivity contribution in [3.05, 3.63) is 58.5 Å². The monoisotopic (exact) mass is 348 g/mol. The van der Waals surface area contributed by atoms with Crippen LogP contribution < -0.4 is 5.32 Å². The van der Waals surface area contributed by atoms with Crippen molar-refractivity contribution in [1.29, 1.82) is 0 Å². The summed E-state index contributed by atoms with van der Waals surface area (Å²) >= 11 is 0. The van der Waals surface area contributed by atoms with Crippen molar-refractivity contribution in [3.63, 3.8) is 0 Å². The average Bonchev–Trinajstić information content (AvgIpc) is 2.90. The third-order valence-corrected chi connectivity index (χ3v) is 3.89. The van der Waals surface area contributed by atoms with E-state index in [1.807, 2.05) is 0 Å². The van der Waals surface area contributed by atoms with E-state index in [1.165, 1.54) is 29.8 Å². The van der Waals surface area contributed by atoms with Crippen molar-refractivity contribution in [3.8, 4) is 0 Å². The summed E-state index contributed by atoms with van der Waals surface area (Å²) in [6.45, 7) is 4.88. The Bertz CT molecular complexity index is 976. The maximum absolute atomic E-state index is 13.0. The van der Waals surface area contributed by atoms with Crippen LogP contribution in [0, 0.1) is 20.8 Å². The Morgan fingerprint density at radius 2 is 1.88 bits per heavy atom. The van der Waals surface area contributed by atoms with Crippen LogP contribution >= 0.6 is 0 Å². The molecule has 5 nitrogen and oxygen atoms in total. The smallest absolute Gasteiger partial charge is 0.322 e. The van der Waals surface area contributed by atoms with Crippen LogP contribution in [0.3, 0.4) is 0 Å². The molecule has 0 unspecified atom stereocenters. The number of benzene rings is 1. The number of rotatable bonds is 2. The van der Waals surface area contributed by atoms with Gasteiger partial charge in [-0.05, 0) is 38.5 Å². The lowest BCUT2D eigenvalue weighted by atomic mass is 10.1. The highest BCUT2D eigenvalue weighted by atomic mass is 19.4. The van der Waals surface area contributed by atoms with Gasteiger partial charge < -0.3 is 5.32 Å². The Morgan fingerprint density at radius 1 is 1.16 bits per heavy atom. The van der Waals surface area contributed by atoms with E-state index in [2.05, 4.69) is 15.4 Å². The number of carbonyl (C=O) groups is 1. The maximum atomic E-state index is 13.0. The first-order chi connectivity index (χ1) is 11.7. The fraction of sp³-hybridized carbons (Fsp3) is 0.235. The van der Waals surface area contributed by atoms with Gasteiger partial charge in [0.1, 0.15) is 0 Å². The number of nitrogens with one attached hydrogen (secondary N) is 1. The predicted molar refractivity (Wildman–Crippen MR) is 86.6 cm³/mol. The van der Waals surface area contributed by atoms with Crippen LogP contribution in [0.4, 0.5) is 18.9 Å². The zero-order valence-corrected chi connectivity index (χ0v) is 13.8. The van der Waals surface area contributed by atoms with Gasteiger partial charge in [0.25, 0.3) is 5.91 Å². The Kier molecular flexibility index (Phi) is 3.98. The summed E-state index contributed by atoms with van der Waals surface area (Å²) in [5.41, 5.74) is 1.53. The van der Waals surface area contributed by atoms with Gasteiger partial charge in [0.05, 0.1) is 22.5 Å². The van der Waals surface area contributed by atoms with Crippen LogP contribution in [0.1, 0.15) is 32.9 Å². The van der Waals surface area contributed by atoms with Gasteiger partial charge in [-0.3, -0.25) is 4.79 Å². The number of hydrogen-bond donors (Lipinski definition) is 1. The molecule has 0 saturated heterocycles. The first-order valence-electron chi connectivity index (χ1n) is 7.48. The topological polar surface area (TPSA) is 59.3 Å². The molecule has 1 amide bonds. The summed E-state index contributed by atoms with van der Waals surface area (Å²) in [5, 5.41) is 6.74. The number of carbonyl (C=O) groups excluding carboxylic acids is 1. The summed E-state index contributed by atoms with van der Waals surface area (Å²) < 4.78 is 40.5. The third kappa shape index (κ3) is 3.19. The number of alkyl halides is 3. The highest BCUT2D eigenvalue weighted by Gasteiger charge is 2.32. The predicted octanol–water partition coefficient (Wildman–Crippen LogP) is 3.93. The highest BCUT2D eigenvalue weighted by Crippen LogP contribution is 2.33. The maximum Gasteiger partial charge on any atom is 0.416 e. The quantitative estimate of drug-likeness (QED) is 0.763. The van der Waals surface area contributed by atoms with Gasteiger partial charge in [-0.25, -0.2) is 9.50 Å². The van der Waals surface area contributed by atoms with Crippen LogP contribution in [0.25, 0.3) is 5.65 Å². The first kappa shape index (κ1) is 16.9. The van der Waals surface area contributed by atoms with Gasteiger partial charge in [-0.1, -0.05) is 6.07 Å². The molecule has 1 N–H and O–H groups in total. The molecule has 0 aliphatic carbocycles. The van der Waals surface area contributed by atoms with Crippen LogP contribution in [-0.4, -0.2) is 20.5 Å². The largest absolute Gasteiger partial charge is 0.416 e. The first-order valence-corrected chi connectivity index (χ1v) is 7.48. The lowest BCUT2D eigenvalue weighted by Crippen LogP contribution is -2.17. The van der Waals surface area contributed by atoms with E-state index in [0.717, 1.165) is 11.8 Å². The number of aryl methyl sites for hydroxylation is 3. The number of amides is 1. The van der Waals surface area contributed by atoms with Gasteiger partial charge in [0.15, 0.2) is 5.65 Å². The molecule has 0 radical (unpaired) electrons. The number of hydrogen-bond acceptors (Lipinski definition) is 3. The number of halogens is 3. The van der Waals surface area contributed by atoms with Crippen molar-refractivity contribution in [2.75, 3.05) is 5.32 Å². The average molecular weight is 348 g/mol. The second-order valence-corrected chi connectivity index (χ2v) is 5.79. The van der Waals surface area contributed by atoms with Crippen LogP contribution in [0.2, 0.25) is 0 Å². The Balaban J connectivity index is 1.94. The minimum Gasteiger partial charge on any atom is -0.322 e. The summed E-state index contributed by atoms with van der Waals surface area (Å²) in [6, 6.07) is 5.45. The fourth-order valence-corrected chi connectivity index (χ4v) is 2.59. The molecule has 0 fully saturated rings. The Hall–Kier alpha value is -2.90. The van der Waals surface area contributed by atoms with E-state index in [1.54, 1.807) is 19.9 Å². The molecule has 1 aromatic carbocycles. The Morgan fingerprint density at radius 3 is 2.56 bits per heavy atom. The molecule has 0 atom stereocenters. The van der Waals surface area contributed by atoms with Crippen molar-refractivity contribution >= 4 is 17.2 Å². The minimum absolute atomic E-state index is 0.0686. The lowest BCUT2D eigenvalue weighted by molar-refractivity contribution is -0.138. The van der Waals surface area contributed by atoms with E-state index in [9.17, 15) is 18.0 Å². The summed E-state index contributed by atoms with van der Waals surface area (Å²) in [5.74, 6) is -0.544. The number of nitrogens with zero attached hydrogens (tertiary/aromatic N) is 3. The Labute approximate surface area is 141 Å². The summed E-state index contributed by atoms with van der Waals surface area (Å²) in [7, 11) is 0. The van der Waals surface area contributed by atoms with Crippen molar-refractivity contribution in [1.82, 2.24) is 14.6 Å². The molecule has 0 spiro atoms. The molecule has 2 heterocycles. The zero-order valence-electron chi connectivity index (χ0n) is 13.8. The zero-order chi connectivity index (χ0) is 18.4. The molecule has 130 valence electrons. The van der Waals surface area contributed by atoms with Gasteiger partial charge in [-0.15, -0.1) is 0 Å². The third-order valence-electron chi connectivity index (χ3n) is 3.89. The second kappa shape index (κ2) is 5.87. The summed E-state index contributed by atoms with van der Waals surface area (Å²) in [4.78, 5) is 16.6. The summed E-state index contributed by atoms with van der Waals surface area (Å²) in [6.07, 6.45) is -3.09. The molecule has 0 aliphatic heterocycles. The molecular weight excluding hydrogens is 333 g/mol. The number of aromatic nitrogens is 3. The molecule has 0 aliphatic rings. The van der Waals surface area contributed by atoms with Crippen molar-refractivity contribution in [2.45, 2.75) is 26.9 Å². The molecule has 3 rings (SSSR count). The van der Waals surface area contributed by atoms with Gasteiger partial charge in [0, 0.05) is 18.0 Å². The normalized spacial score (nSPS) is 11.8. The lowest BCUT2D eigenvalue weighted by Gasteiger charge is -2.13. The molecule has 25 heavy (non-hydrogen) atoms. The van der Waals surface area contributed by atoms with E-state index in [-0.39, 0.29) is 16.8 Å². The highest BCUT2D eigenvalue weighted by molar-refractivity contribution is 6.05. The molecule has 0 bridgehead atoms. The number of anilines is 1. The molecule has 2 aromatic heterocycles. The van der Waals surface area contributed by atoms with Gasteiger partial charge in [0.2, 0.25) is 0 Å². The van der Waals surface area contributed by atoms with Gasteiger partial charge in [-0.2, -0.15) is 18.3 Å². The van der Waals surface area contributed by atoms with Crippen molar-refractivity contribution < 1.29 is 18.0 Å². The van der Waals surface area contributed by atoms with Crippen LogP contribution in [0.5, 0.6) is 0 Å². The molecule has 3 aromatic rings. The van der Waals surface area contributed by atoms with E-state index < -0.39 is 17.6 Å². The fourth-order valence-electron chi connectivity index (χ4n) is 2.59. The standard InChI is InChI=1S/C17H15F3N4O/c1-9-4-5-12(7-14(9)17(18,19)20)22-16(25)13-8-21-15-6-10(2)23-24(15)11(13)3/h4-8H,1-3H3,(H,22,25). The SMILES string of the molecule is Cc1cc2ncc(C(=O)Nc3ccc(C)c(C(F)(F)F)c3)c(C)n2n1. The molecular formula is C17H15F3N4O. The van der Waals surface area contributed by atoms with E-state index in [0.29, 0.717) is 11.3 Å². The number of fused-ring (bicyclic) bond motifs is 1. The second-order valence-electron chi connectivity index (χ2n) is 5.79. The van der Waals surface area contributed by atoms with Gasteiger partial charge >= 0.3 is 6.18 Å². The van der Waals surface area contributed by atoms with Crippen molar-refractivity contribution in [2.24, 2.45) is 0 Å². The van der Waals surface area contributed by atoms with E-state index in [4.69, 9.17) is 0 Å². The van der Waals surface area contributed by atoms with E-state index >= 15 is 0 Å². The molecule has 8 heteroatoms.